The highest BCUT2D eigenvalue weighted by Crippen LogP contribution is 2.39. The first kappa shape index (κ1) is 14.9. The molecule has 22 heavy (non-hydrogen) atoms. The highest BCUT2D eigenvalue weighted by Gasteiger charge is 2.36. The Morgan fingerprint density at radius 2 is 1.32 bits per heavy atom. The summed E-state index contributed by atoms with van der Waals surface area (Å²) in [5.74, 6) is -0.000744. The Morgan fingerprint density at radius 1 is 0.864 bits per heavy atom. The van der Waals surface area contributed by atoms with Gasteiger partial charge in [-0.05, 0) is 25.0 Å². The number of fused-ring (bicyclic) bond motifs is 2. The van der Waals surface area contributed by atoms with Crippen LogP contribution in [-0.4, -0.2) is 25.3 Å². The minimum atomic E-state index is -0.384. The monoisotopic (exact) mass is 296 g/mol. The van der Waals surface area contributed by atoms with Gasteiger partial charge in [0.2, 0.25) is 0 Å². The zero-order valence-corrected chi connectivity index (χ0v) is 12.9. The predicted octanol–water partition coefficient (Wildman–Crippen LogP) is 3.76. The number of carbonyl (C=O) groups is 1. The molecule has 3 nitrogen and oxygen atoms in total. The number of ketones is 1. The Balaban J connectivity index is 2.16. The van der Waals surface area contributed by atoms with Gasteiger partial charge in [0.1, 0.15) is 0 Å². The summed E-state index contributed by atoms with van der Waals surface area (Å²) in [6, 6.07) is 15.5. The van der Waals surface area contributed by atoms with Gasteiger partial charge in [0, 0.05) is 24.3 Å². The molecule has 2 aromatic rings. The maximum Gasteiger partial charge on any atom is 0.193 e. The van der Waals surface area contributed by atoms with Crippen LogP contribution in [0.4, 0.5) is 0 Å². The van der Waals surface area contributed by atoms with Crippen molar-refractivity contribution in [3.05, 3.63) is 70.8 Å². The topological polar surface area (TPSA) is 35.5 Å². The van der Waals surface area contributed by atoms with Gasteiger partial charge in [-0.1, -0.05) is 48.5 Å². The van der Waals surface area contributed by atoms with Crippen molar-refractivity contribution in [2.24, 2.45) is 0 Å². The van der Waals surface area contributed by atoms with Crippen LogP contribution in [0.3, 0.4) is 0 Å². The lowest BCUT2D eigenvalue weighted by atomic mass is 9.77. The molecule has 0 bridgehead atoms. The summed E-state index contributed by atoms with van der Waals surface area (Å²) in [4.78, 5) is 12.7. The van der Waals surface area contributed by atoms with E-state index in [0.29, 0.717) is 13.2 Å². The number of hydrogen-bond acceptors (Lipinski definition) is 3. The van der Waals surface area contributed by atoms with E-state index in [1.165, 1.54) is 0 Å². The fourth-order valence-electron chi connectivity index (χ4n) is 3.12. The van der Waals surface area contributed by atoms with Crippen LogP contribution < -0.4 is 0 Å². The maximum atomic E-state index is 12.7. The summed E-state index contributed by atoms with van der Waals surface area (Å²) in [5, 5.41) is 0. The van der Waals surface area contributed by atoms with Gasteiger partial charge in [0.05, 0.1) is 5.92 Å². The van der Waals surface area contributed by atoms with E-state index in [1.54, 1.807) is 0 Å². The van der Waals surface area contributed by atoms with Gasteiger partial charge in [-0.2, -0.15) is 0 Å². The fourth-order valence-corrected chi connectivity index (χ4v) is 3.12. The van der Waals surface area contributed by atoms with Crippen molar-refractivity contribution in [3.63, 3.8) is 0 Å². The van der Waals surface area contributed by atoms with Gasteiger partial charge in [-0.15, -0.1) is 0 Å². The average molecular weight is 296 g/mol. The summed E-state index contributed by atoms with van der Waals surface area (Å²) >= 11 is 0. The summed E-state index contributed by atoms with van der Waals surface area (Å²) < 4.78 is 11.7. The highest BCUT2D eigenvalue weighted by atomic mass is 16.7. The molecule has 0 aliphatic heterocycles. The Morgan fingerprint density at radius 3 is 1.77 bits per heavy atom. The van der Waals surface area contributed by atoms with Crippen LogP contribution in [0.5, 0.6) is 0 Å². The molecule has 1 aliphatic rings. The zero-order chi connectivity index (χ0) is 15.5. The minimum Gasteiger partial charge on any atom is -0.352 e. The van der Waals surface area contributed by atoms with Crippen LogP contribution in [0.2, 0.25) is 0 Å². The summed E-state index contributed by atoms with van der Waals surface area (Å²) in [5.41, 5.74) is 3.46. The number of benzene rings is 2. The van der Waals surface area contributed by atoms with E-state index < -0.39 is 0 Å². The van der Waals surface area contributed by atoms with Crippen molar-refractivity contribution >= 4 is 5.78 Å². The van der Waals surface area contributed by atoms with Crippen LogP contribution in [0.25, 0.3) is 0 Å². The first-order chi connectivity index (χ1) is 10.8. The highest BCUT2D eigenvalue weighted by molar-refractivity contribution is 6.12. The van der Waals surface area contributed by atoms with E-state index in [9.17, 15) is 4.79 Å². The predicted molar refractivity (Wildman–Crippen MR) is 85.2 cm³/mol. The zero-order valence-electron chi connectivity index (χ0n) is 12.9. The van der Waals surface area contributed by atoms with Crippen LogP contribution in [0, 0.1) is 0 Å². The fraction of sp³-hybridized carbons (Fsp3) is 0.316. The van der Waals surface area contributed by atoms with Gasteiger partial charge in [0.15, 0.2) is 12.1 Å². The largest absolute Gasteiger partial charge is 0.352 e. The molecule has 3 rings (SSSR count). The second-order valence-electron chi connectivity index (χ2n) is 5.26. The van der Waals surface area contributed by atoms with Crippen LogP contribution in [0.1, 0.15) is 46.8 Å². The van der Waals surface area contributed by atoms with E-state index >= 15 is 0 Å². The molecule has 0 amide bonds. The molecule has 3 heteroatoms. The number of carbonyl (C=O) groups excluding carboxylic acids is 1. The number of ether oxygens (including phenoxy) is 2. The summed E-state index contributed by atoms with van der Waals surface area (Å²) in [6.45, 7) is 5.05. The first-order valence-electron chi connectivity index (χ1n) is 7.73. The quantitative estimate of drug-likeness (QED) is 0.788. The van der Waals surface area contributed by atoms with Crippen molar-refractivity contribution in [1.29, 1.82) is 0 Å². The molecule has 1 aliphatic carbocycles. The average Bonchev–Trinajstić information content (AvgIpc) is 2.56. The van der Waals surface area contributed by atoms with Gasteiger partial charge in [0.25, 0.3) is 0 Å². The Kier molecular flexibility index (Phi) is 4.36. The molecule has 0 saturated carbocycles. The third kappa shape index (κ3) is 2.47. The van der Waals surface area contributed by atoms with Gasteiger partial charge in [-0.25, -0.2) is 0 Å². The molecule has 0 radical (unpaired) electrons. The van der Waals surface area contributed by atoms with Crippen LogP contribution >= 0.6 is 0 Å². The molecule has 0 N–H and O–H groups in total. The molecule has 0 spiro atoms. The Hall–Kier alpha value is -1.97. The Bertz CT molecular complexity index is 622. The van der Waals surface area contributed by atoms with Crippen LogP contribution in [0.15, 0.2) is 48.5 Å². The number of rotatable bonds is 5. The molecule has 0 saturated heterocycles. The molecule has 0 unspecified atom stereocenters. The molecular weight excluding hydrogens is 276 g/mol. The molecule has 0 heterocycles. The minimum absolute atomic E-state index is 0.0780. The van der Waals surface area contributed by atoms with E-state index in [0.717, 1.165) is 22.3 Å². The van der Waals surface area contributed by atoms with Gasteiger partial charge in [-0.3, -0.25) is 4.79 Å². The second-order valence-corrected chi connectivity index (χ2v) is 5.26. The van der Waals surface area contributed by atoms with Crippen molar-refractivity contribution in [1.82, 2.24) is 0 Å². The summed E-state index contributed by atoms with van der Waals surface area (Å²) in [6.07, 6.45) is -0.384. The second kappa shape index (κ2) is 6.42. The van der Waals surface area contributed by atoms with Crippen molar-refractivity contribution < 1.29 is 14.3 Å². The van der Waals surface area contributed by atoms with Gasteiger partial charge >= 0.3 is 0 Å². The van der Waals surface area contributed by atoms with Crippen molar-refractivity contribution in [2.75, 3.05) is 13.2 Å². The van der Waals surface area contributed by atoms with Crippen LogP contribution in [-0.2, 0) is 9.47 Å². The molecule has 0 fully saturated rings. The summed E-state index contributed by atoms with van der Waals surface area (Å²) in [7, 11) is 0. The van der Waals surface area contributed by atoms with E-state index in [-0.39, 0.29) is 18.0 Å². The molecule has 0 atom stereocenters. The van der Waals surface area contributed by atoms with E-state index in [2.05, 4.69) is 0 Å². The van der Waals surface area contributed by atoms with Crippen molar-refractivity contribution in [2.45, 2.75) is 26.1 Å². The van der Waals surface area contributed by atoms with E-state index in [4.69, 9.17) is 9.47 Å². The smallest absolute Gasteiger partial charge is 0.193 e. The third-order valence-electron chi connectivity index (χ3n) is 4.01. The molecule has 114 valence electrons. The lowest BCUT2D eigenvalue weighted by molar-refractivity contribution is -0.144. The molecular formula is C19H20O3. The lowest BCUT2D eigenvalue weighted by Crippen LogP contribution is -2.32. The van der Waals surface area contributed by atoms with Gasteiger partial charge < -0.3 is 9.47 Å². The first-order valence-corrected chi connectivity index (χ1v) is 7.73. The lowest BCUT2D eigenvalue weighted by Gasteiger charge is -2.33. The van der Waals surface area contributed by atoms with E-state index in [1.807, 2.05) is 62.4 Å². The molecule has 0 aromatic heterocycles. The van der Waals surface area contributed by atoms with Crippen molar-refractivity contribution in [3.8, 4) is 0 Å². The maximum absolute atomic E-state index is 12.7. The molecule has 2 aromatic carbocycles. The Labute approximate surface area is 130 Å². The SMILES string of the molecule is CCOC(OCC)C1c2ccccc2C(=O)c2ccccc21. The third-order valence-corrected chi connectivity index (χ3v) is 4.01. The number of hydrogen-bond donors (Lipinski definition) is 0. The normalized spacial score (nSPS) is 14.0. The standard InChI is InChI=1S/C19H20O3/c1-3-21-19(22-4-2)17-13-9-5-7-11-15(13)18(20)16-12-8-6-10-14(16)17/h5-12,17,19H,3-4H2,1-2H3.